The predicted octanol–water partition coefficient (Wildman–Crippen LogP) is 3.90. The van der Waals surface area contributed by atoms with Crippen LogP contribution in [0.2, 0.25) is 0 Å². The van der Waals surface area contributed by atoms with Crippen LogP contribution in [0.25, 0.3) is 5.69 Å². The third-order valence-electron chi connectivity index (χ3n) is 3.20. The largest absolute Gasteiger partial charge is 0.484 e. The Morgan fingerprint density at radius 2 is 1.86 bits per heavy atom. The maximum Gasteiger partial charge on any atom is 0.167 e. The van der Waals surface area contributed by atoms with Crippen molar-refractivity contribution in [3.05, 3.63) is 77.9 Å². The fourth-order valence-corrected chi connectivity index (χ4v) is 2.05. The van der Waals surface area contributed by atoms with E-state index in [2.05, 4.69) is 5.10 Å². The Bertz CT molecular complexity index is 738. The fourth-order valence-electron chi connectivity index (χ4n) is 2.05. The molecule has 0 aliphatic carbocycles. The predicted molar refractivity (Wildman–Crippen MR) is 79.0 cm³/mol. The minimum atomic E-state index is -0.319. The topological polar surface area (TPSA) is 27.1 Å². The van der Waals surface area contributed by atoms with Crippen molar-refractivity contribution in [3.8, 4) is 11.4 Å². The molecule has 4 heteroatoms. The summed E-state index contributed by atoms with van der Waals surface area (Å²) in [5.74, 6) is -0.0655. The summed E-state index contributed by atoms with van der Waals surface area (Å²) in [6, 6.07) is 16.8. The van der Waals surface area contributed by atoms with E-state index in [1.54, 1.807) is 29.8 Å². The Morgan fingerprint density at radius 3 is 2.67 bits per heavy atom. The number of aromatic nitrogens is 2. The lowest BCUT2D eigenvalue weighted by molar-refractivity contribution is 0.284. The second-order valence-corrected chi connectivity index (χ2v) is 4.76. The van der Waals surface area contributed by atoms with Gasteiger partial charge in [-0.05, 0) is 36.8 Å². The highest BCUT2D eigenvalue weighted by Gasteiger charge is 2.07. The zero-order chi connectivity index (χ0) is 14.7. The quantitative estimate of drug-likeness (QED) is 0.725. The molecule has 3 nitrogen and oxygen atoms in total. The fraction of sp³-hybridized carbons (Fsp3) is 0.118. The van der Waals surface area contributed by atoms with E-state index < -0.39 is 0 Å². The first kappa shape index (κ1) is 13.4. The van der Waals surface area contributed by atoms with Crippen LogP contribution in [0.4, 0.5) is 4.39 Å². The normalized spacial score (nSPS) is 10.6. The second-order valence-electron chi connectivity index (χ2n) is 4.76. The first-order chi connectivity index (χ1) is 10.2. The molecule has 3 rings (SSSR count). The van der Waals surface area contributed by atoms with Crippen LogP contribution in [-0.4, -0.2) is 9.78 Å². The van der Waals surface area contributed by atoms with Crippen molar-refractivity contribution in [2.45, 2.75) is 13.5 Å². The molecular weight excluding hydrogens is 267 g/mol. The van der Waals surface area contributed by atoms with Crippen LogP contribution in [0.5, 0.6) is 5.75 Å². The molecule has 0 bridgehead atoms. The summed E-state index contributed by atoms with van der Waals surface area (Å²) in [5.41, 5.74) is 2.30. The molecule has 0 N–H and O–H groups in total. The van der Waals surface area contributed by atoms with Gasteiger partial charge in [-0.25, -0.2) is 9.07 Å². The molecule has 21 heavy (non-hydrogen) atoms. The molecule has 0 atom stereocenters. The number of nitrogens with zero attached hydrogens (tertiary/aromatic N) is 2. The summed E-state index contributed by atoms with van der Waals surface area (Å²) in [6.45, 7) is 1.95. The van der Waals surface area contributed by atoms with Gasteiger partial charge >= 0.3 is 0 Å². The zero-order valence-electron chi connectivity index (χ0n) is 11.7. The van der Waals surface area contributed by atoms with Gasteiger partial charge < -0.3 is 4.74 Å². The third kappa shape index (κ3) is 2.94. The first-order valence-corrected chi connectivity index (χ1v) is 6.72. The van der Waals surface area contributed by atoms with Gasteiger partial charge in [0.25, 0.3) is 0 Å². The van der Waals surface area contributed by atoms with Crippen molar-refractivity contribution in [3.63, 3.8) is 0 Å². The highest BCUT2D eigenvalue weighted by molar-refractivity contribution is 5.31. The van der Waals surface area contributed by atoms with Gasteiger partial charge in [0, 0.05) is 6.20 Å². The number of halogens is 1. The van der Waals surface area contributed by atoms with E-state index in [0.717, 1.165) is 11.4 Å². The van der Waals surface area contributed by atoms with Crippen LogP contribution in [0.15, 0.2) is 60.8 Å². The van der Waals surface area contributed by atoms with Crippen LogP contribution >= 0.6 is 0 Å². The minimum Gasteiger partial charge on any atom is -0.484 e. The van der Waals surface area contributed by atoms with Gasteiger partial charge in [0.05, 0.1) is 5.69 Å². The number of rotatable bonds is 4. The average molecular weight is 282 g/mol. The number of hydrogen-bond donors (Lipinski definition) is 0. The van der Waals surface area contributed by atoms with Crippen LogP contribution in [0.3, 0.4) is 0 Å². The molecule has 0 aliphatic rings. The van der Waals surface area contributed by atoms with Gasteiger partial charge in [-0.3, -0.25) is 0 Å². The van der Waals surface area contributed by atoms with E-state index in [0.29, 0.717) is 5.56 Å². The number of ether oxygens (including phenoxy) is 1. The Kier molecular flexibility index (Phi) is 3.69. The van der Waals surface area contributed by atoms with E-state index in [-0.39, 0.29) is 18.2 Å². The second kappa shape index (κ2) is 5.79. The van der Waals surface area contributed by atoms with Crippen molar-refractivity contribution in [2.75, 3.05) is 0 Å². The molecule has 0 unspecified atom stereocenters. The summed E-state index contributed by atoms with van der Waals surface area (Å²) in [5, 5.41) is 4.42. The van der Waals surface area contributed by atoms with Crippen molar-refractivity contribution >= 4 is 0 Å². The van der Waals surface area contributed by atoms with Crippen molar-refractivity contribution < 1.29 is 9.13 Å². The number of para-hydroxylation sites is 1. The molecule has 0 spiro atoms. The first-order valence-electron chi connectivity index (χ1n) is 6.72. The highest BCUT2D eigenvalue weighted by atomic mass is 19.1. The Labute approximate surface area is 122 Å². The average Bonchev–Trinajstić information content (AvgIpc) is 2.99. The molecule has 0 saturated carbocycles. The Hall–Kier alpha value is -2.62. The maximum atomic E-state index is 13.8. The van der Waals surface area contributed by atoms with E-state index in [9.17, 15) is 4.39 Å². The van der Waals surface area contributed by atoms with E-state index in [1.165, 1.54) is 0 Å². The van der Waals surface area contributed by atoms with Gasteiger partial charge in [0.15, 0.2) is 11.6 Å². The van der Waals surface area contributed by atoms with Gasteiger partial charge in [-0.15, -0.1) is 0 Å². The lowest BCUT2D eigenvalue weighted by Crippen LogP contribution is -2.01. The van der Waals surface area contributed by atoms with Gasteiger partial charge in [0.2, 0.25) is 0 Å². The molecule has 2 aromatic carbocycles. The lowest BCUT2D eigenvalue weighted by Gasteiger charge is -2.07. The molecule has 0 aliphatic heterocycles. The lowest BCUT2D eigenvalue weighted by atomic mass is 10.2. The summed E-state index contributed by atoms with van der Waals surface area (Å²) < 4.78 is 21.1. The van der Waals surface area contributed by atoms with Gasteiger partial charge in [-0.1, -0.05) is 30.3 Å². The molecule has 0 fully saturated rings. The smallest absolute Gasteiger partial charge is 0.167 e. The number of benzene rings is 2. The molecular formula is C17H15FN2O. The van der Waals surface area contributed by atoms with Gasteiger partial charge in [-0.2, -0.15) is 5.10 Å². The standard InChI is InChI=1S/C17H15FN2O/c1-13-6-5-9-16(17(13)18)21-12-14-10-11-20(19-14)15-7-3-2-4-8-15/h2-11H,12H2,1H3. The van der Waals surface area contributed by atoms with Crippen molar-refractivity contribution in [1.82, 2.24) is 9.78 Å². The molecule has 0 amide bonds. The molecule has 3 aromatic rings. The van der Waals surface area contributed by atoms with Crippen molar-refractivity contribution in [1.29, 1.82) is 0 Å². The Balaban J connectivity index is 1.72. The SMILES string of the molecule is Cc1cccc(OCc2ccn(-c3ccccc3)n2)c1F. The summed E-state index contributed by atoms with van der Waals surface area (Å²) in [7, 11) is 0. The number of aryl methyl sites for hydroxylation is 1. The van der Waals surface area contributed by atoms with E-state index in [4.69, 9.17) is 4.74 Å². The van der Waals surface area contributed by atoms with Crippen LogP contribution in [-0.2, 0) is 6.61 Å². The van der Waals surface area contributed by atoms with Crippen molar-refractivity contribution in [2.24, 2.45) is 0 Å². The van der Waals surface area contributed by atoms with E-state index >= 15 is 0 Å². The molecule has 1 aromatic heterocycles. The summed E-state index contributed by atoms with van der Waals surface area (Å²) in [4.78, 5) is 0. The van der Waals surface area contributed by atoms with Crippen LogP contribution < -0.4 is 4.74 Å². The molecule has 0 saturated heterocycles. The molecule has 106 valence electrons. The highest BCUT2D eigenvalue weighted by Crippen LogP contribution is 2.20. The Morgan fingerprint density at radius 1 is 1.05 bits per heavy atom. The minimum absolute atomic E-state index is 0.236. The maximum absolute atomic E-state index is 13.8. The van der Waals surface area contributed by atoms with E-state index in [1.807, 2.05) is 42.6 Å². The molecule has 0 radical (unpaired) electrons. The van der Waals surface area contributed by atoms with Gasteiger partial charge in [0.1, 0.15) is 12.3 Å². The van der Waals surface area contributed by atoms with Crippen LogP contribution in [0, 0.1) is 12.7 Å². The van der Waals surface area contributed by atoms with Crippen LogP contribution in [0.1, 0.15) is 11.3 Å². The molecule has 1 heterocycles. The monoisotopic (exact) mass is 282 g/mol. The third-order valence-corrected chi connectivity index (χ3v) is 3.20. The summed E-state index contributed by atoms with van der Waals surface area (Å²) >= 11 is 0. The zero-order valence-corrected chi connectivity index (χ0v) is 11.7. The summed E-state index contributed by atoms with van der Waals surface area (Å²) in [6.07, 6.45) is 1.86. The number of hydrogen-bond acceptors (Lipinski definition) is 2.